The molecule has 0 spiro atoms. The van der Waals surface area contributed by atoms with E-state index in [0.717, 1.165) is 12.1 Å². The van der Waals surface area contributed by atoms with E-state index in [4.69, 9.17) is 0 Å². The van der Waals surface area contributed by atoms with Gasteiger partial charge in [-0.3, -0.25) is 4.79 Å². The molecule has 0 heterocycles. The highest BCUT2D eigenvalue weighted by Crippen LogP contribution is 2.38. The second kappa shape index (κ2) is 5.68. The standard InChI is InChI=1S/C16H12F4O/c1-2-15(21)10-7-8-14(17)12(9-10)11-5-3-4-6-13(11)16(18,19)20/h3-9H,2H2,1H3. The average molecular weight is 296 g/mol. The van der Waals surface area contributed by atoms with E-state index in [1.807, 2.05) is 0 Å². The van der Waals surface area contributed by atoms with Gasteiger partial charge in [0, 0.05) is 17.5 Å². The van der Waals surface area contributed by atoms with Crippen LogP contribution >= 0.6 is 0 Å². The molecular weight excluding hydrogens is 284 g/mol. The first-order valence-electron chi connectivity index (χ1n) is 6.34. The van der Waals surface area contributed by atoms with E-state index in [2.05, 4.69) is 0 Å². The zero-order chi connectivity index (χ0) is 15.6. The summed E-state index contributed by atoms with van der Waals surface area (Å²) in [5.41, 5.74) is -1.22. The molecule has 0 aliphatic heterocycles. The molecule has 2 aromatic rings. The van der Waals surface area contributed by atoms with E-state index in [-0.39, 0.29) is 28.9 Å². The molecule has 0 amide bonds. The molecule has 0 saturated heterocycles. The number of alkyl halides is 3. The number of hydrogen-bond acceptors (Lipinski definition) is 1. The largest absolute Gasteiger partial charge is 0.417 e. The zero-order valence-corrected chi connectivity index (χ0v) is 11.2. The smallest absolute Gasteiger partial charge is 0.294 e. The van der Waals surface area contributed by atoms with Crippen LogP contribution in [0.3, 0.4) is 0 Å². The molecule has 0 saturated carbocycles. The number of hydrogen-bond donors (Lipinski definition) is 0. The lowest BCUT2D eigenvalue weighted by molar-refractivity contribution is -0.137. The molecule has 0 bridgehead atoms. The maximum Gasteiger partial charge on any atom is 0.417 e. The highest BCUT2D eigenvalue weighted by atomic mass is 19.4. The van der Waals surface area contributed by atoms with Crippen molar-refractivity contribution >= 4 is 5.78 Å². The van der Waals surface area contributed by atoms with Crippen molar-refractivity contribution in [2.45, 2.75) is 19.5 Å². The highest BCUT2D eigenvalue weighted by molar-refractivity contribution is 5.97. The van der Waals surface area contributed by atoms with E-state index < -0.39 is 17.6 Å². The van der Waals surface area contributed by atoms with Gasteiger partial charge in [-0.25, -0.2) is 4.39 Å². The van der Waals surface area contributed by atoms with Crippen LogP contribution in [-0.2, 0) is 6.18 Å². The molecule has 0 aromatic heterocycles. The number of halogens is 4. The van der Waals surface area contributed by atoms with Gasteiger partial charge < -0.3 is 0 Å². The van der Waals surface area contributed by atoms with Gasteiger partial charge in [0.05, 0.1) is 5.56 Å². The normalized spacial score (nSPS) is 11.5. The molecule has 0 fully saturated rings. The van der Waals surface area contributed by atoms with Crippen molar-refractivity contribution in [3.05, 3.63) is 59.4 Å². The van der Waals surface area contributed by atoms with Crippen LogP contribution in [0.25, 0.3) is 11.1 Å². The van der Waals surface area contributed by atoms with Crippen LogP contribution in [0, 0.1) is 5.82 Å². The van der Waals surface area contributed by atoms with Gasteiger partial charge in [-0.05, 0) is 29.8 Å². The van der Waals surface area contributed by atoms with Crippen LogP contribution in [0.4, 0.5) is 17.6 Å². The third-order valence-corrected chi connectivity index (χ3v) is 3.13. The molecule has 0 radical (unpaired) electrons. The van der Waals surface area contributed by atoms with Gasteiger partial charge in [-0.1, -0.05) is 25.1 Å². The van der Waals surface area contributed by atoms with Crippen LogP contribution in [-0.4, -0.2) is 5.78 Å². The van der Waals surface area contributed by atoms with E-state index in [1.165, 1.54) is 30.3 Å². The number of ketones is 1. The van der Waals surface area contributed by atoms with Gasteiger partial charge in [0.15, 0.2) is 5.78 Å². The fraction of sp³-hybridized carbons (Fsp3) is 0.188. The quantitative estimate of drug-likeness (QED) is 0.568. The van der Waals surface area contributed by atoms with Gasteiger partial charge in [-0.2, -0.15) is 13.2 Å². The molecule has 110 valence electrons. The first-order valence-corrected chi connectivity index (χ1v) is 6.34. The number of carbonyl (C=O) groups is 1. The predicted molar refractivity (Wildman–Crippen MR) is 71.5 cm³/mol. The van der Waals surface area contributed by atoms with Crippen LogP contribution in [0.2, 0.25) is 0 Å². The zero-order valence-electron chi connectivity index (χ0n) is 11.2. The minimum atomic E-state index is -4.59. The Morgan fingerprint density at radius 1 is 1.05 bits per heavy atom. The van der Waals surface area contributed by atoms with Crippen molar-refractivity contribution in [1.29, 1.82) is 0 Å². The van der Waals surface area contributed by atoms with E-state index in [0.29, 0.717) is 0 Å². The summed E-state index contributed by atoms with van der Waals surface area (Å²) in [6, 6.07) is 8.20. The Morgan fingerprint density at radius 2 is 1.71 bits per heavy atom. The van der Waals surface area contributed by atoms with Crippen LogP contribution < -0.4 is 0 Å². The minimum Gasteiger partial charge on any atom is -0.294 e. The number of benzene rings is 2. The Hall–Kier alpha value is -2.17. The molecule has 0 aliphatic carbocycles. The molecule has 1 nitrogen and oxygen atoms in total. The molecule has 0 atom stereocenters. The molecule has 0 N–H and O–H groups in total. The molecule has 2 rings (SSSR count). The number of carbonyl (C=O) groups excluding carboxylic acids is 1. The first-order chi connectivity index (χ1) is 9.84. The van der Waals surface area contributed by atoms with Crippen molar-refractivity contribution in [3.8, 4) is 11.1 Å². The van der Waals surface area contributed by atoms with Gasteiger partial charge in [0.1, 0.15) is 5.82 Å². The Kier molecular flexibility index (Phi) is 4.11. The third-order valence-electron chi connectivity index (χ3n) is 3.13. The van der Waals surface area contributed by atoms with Gasteiger partial charge in [0.25, 0.3) is 0 Å². The first kappa shape index (κ1) is 15.2. The summed E-state index contributed by atoms with van der Waals surface area (Å²) < 4.78 is 52.9. The fourth-order valence-corrected chi connectivity index (χ4v) is 2.07. The lowest BCUT2D eigenvalue weighted by Crippen LogP contribution is -2.08. The summed E-state index contributed by atoms with van der Waals surface area (Å²) in [4.78, 5) is 11.6. The highest BCUT2D eigenvalue weighted by Gasteiger charge is 2.33. The van der Waals surface area contributed by atoms with Crippen molar-refractivity contribution < 1.29 is 22.4 Å². The Labute approximate surface area is 119 Å². The van der Waals surface area contributed by atoms with Crippen LogP contribution in [0.1, 0.15) is 29.3 Å². The Balaban J connectivity index is 2.65. The van der Waals surface area contributed by atoms with Crippen molar-refractivity contribution in [1.82, 2.24) is 0 Å². The fourth-order valence-electron chi connectivity index (χ4n) is 2.07. The third kappa shape index (κ3) is 3.12. The second-order valence-electron chi connectivity index (χ2n) is 4.51. The summed E-state index contributed by atoms with van der Waals surface area (Å²) >= 11 is 0. The van der Waals surface area contributed by atoms with E-state index in [1.54, 1.807) is 6.92 Å². The van der Waals surface area contributed by atoms with Gasteiger partial charge in [0.2, 0.25) is 0 Å². The molecule has 2 aromatic carbocycles. The molecule has 5 heteroatoms. The van der Waals surface area contributed by atoms with Crippen LogP contribution in [0.15, 0.2) is 42.5 Å². The van der Waals surface area contributed by atoms with E-state index in [9.17, 15) is 22.4 Å². The molecule has 0 aliphatic rings. The summed E-state index contributed by atoms with van der Waals surface area (Å²) in [5, 5.41) is 0. The monoisotopic (exact) mass is 296 g/mol. The SMILES string of the molecule is CCC(=O)c1ccc(F)c(-c2ccccc2C(F)(F)F)c1. The average Bonchev–Trinajstić information content (AvgIpc) is 2.46. The topological polar surface area (TPSA) is 17.1 Å². The van der Waals surface area contributed by atoms with Crippen LogP contribution in [0.5, 0.6) is 0 Å². The summed E-state index contributed by atoms with van der Waals surface area (Å²) in [6.07, 6.45) is -4.39. The maximum atomic E-state index is 13.9. The molecular formula is C16H12F4O. The molecule has 0 unspecified atom stereocenters. The maximum absolute atomic E-state index is 13.9. The number of rotatable bonds is 3. The lowest BCUT2D eigenvalue weighted by Gasteiger charge is -2.14. The predicted octanol–water partition coefficient (Wildman–Crippen LogP) is 5.10. The van der Waals surface area contributed by atoms with Gasteiger partial charge >= 0.3 is 6.18 Å². The second-order valence-corrected chi connectivity index (χ2v) is 4.51. The van der Waals surface area contributed by atoms with Gasteiger partial charge in [-0.15, -0.1) is 0 Å². The Morgan fingerprint density at radius 3 is 2.33 bits per heavy atom. The van der Waals surface area contributed by atoms with Crippen molar-refractivity contribution in [2.75, 3.05) is 0 Å². The van der Waals surface area contributed by atoms with Crippen molar-refractivity contribution in [3.63, 3.8) is 0 Å². The number of Topliss-reactive ketones (excluding diaryl/α,β-unsaturated/α-hetero) is 1. The summed E-state index contributed by atoms with van der Waals surface area (Å²) in [5.74, 6) is -1.04. The minimum absolute atomic E-state index is 0.200. The van der Waals surface area contributed by atoms with Crippen molar-refractivity contribution in [2.24, 2.45) is 0 Å². The lowest BCUT2D eigenvalue weighted by atomic mass is 9.96. The van der Waals surface area contributed by atoms with E-state index >= 15 is 0 Å². The summed E-state index contributed by atoms with van der Waals surface area (Å²) in [7, 11) is 0. The Bertz CT molecular complexity index is 674. The molecule has 21 heavy (non-hydrogen) atoms. The summed E-state index contributed by atoms with van der Waals surface area (Å²) in [6.45, 7) is 1.63.